The zero-order valence-corrected chi connectivity index (χ0v) is 10.2. The Bertz CT molecular complexity index is 571. The normalized spacial score (nSPS) is 22.4. The standard InChI is InChI=1S/C15H14N2O2/c18-14-13(11-7-3-1-4-8-11)15(19)17(16-14)12-9-5-2-6-10-12/h1-10,13,15,19H,(H,16,18). The molecule has 4 heteroatoms. The van der Waals surface area contributed by atoms with Gasteiger partial charge in [-0.2, -0.15) is 0 Å². The molecule has 1 saturated heterocycles. The summed E-state index contributed by atoms with van der Waals surface area (Å²) in [4.78, 5) is 12.1. The predicted octanol–water partition coefficient (Wildman–Crippen LogP) is 1.64. The number of para-hydroxylation sites is 1. The van der Waals surface area contributed by atoms with Crippen LogP contribution in [0.3, 0.4) is 0 Å². The second-order valence-corrected chi connectivity index (χ2v) is 4.48. The van der Waals surface area contributed by atoms with Gasteiger partial charge in [-0.1, -0.05) is 48.5 Å². The summed E-state index contributed by atoms with van der Waals surface area (Å²) in [5.41, 5.74) is 4.29. The van der Waals surface area contributed by atoms with Gasteiger partial charge in [0.05, 0.1) is 5.69 Å². The number of hydrazine groups is 1. The Morgan fingerprint density at radius 3 is 2.16 bits per heavy atom. The number of rotatable bonds is 2. The zero-order valence-electron chi connectivity index (χ0n) is 10.2. The van der Waals surface area contributed by atoms with Gasteiger partial charge in [-0.05, 0) is 17.7 Å². The van der Waals surface area contributed by atoms with Crippen LogP contribution in [0.15, 0.2) is 60.7 Å². The molecule has 19 heavy (non-hydrogen) atoms. The van der Waals surface area contributed by atoms with E-state index in [1.807, 2.05) is 60.7 Å². The summed E-state index contributed by atoms with van der Waals surface area (Å²) in [5, 5.41) is 11.9. The molecule has 2 N–H and O–H groups in total. The Labute approximate surface area is 111 Å². The molecule has 0 bridgehead atoms. The molecule has 0 radical (unpaired) electrons. The molecular weight excluding hydrogens is 240 g/mol. The van der Waals surface area contributed by atoms with Crippen molar-refractivity contribution in [2.75, 3.05) is 5.01 Å². The molecule has 2 aromatic carbocycles. The summed E-state index contributed by atoms with van der Waals surface area (Å²) in [6, 6.07) is 18.6. The third-order valence-electron chi connectivity index (χ3n) is 3.27. The fourth-order valence-electron chi connectivity index (χ4n) is 2.33. The number of hydrogen-bond donors (Lipinski definition) is 2. The summed E-state index contributed by atoms with van der Waals surface area (Å²) in [6.07, 6.45) is -0.905. The molecular formula is C15H14N2O2. The lowest BCUT2D eigenvalue weighted by Crippen LogP contribution is -2.38. The largest absolute Gasteiger partial charge is 0.371 e. The maximum absolute atomic E-state index is 12.1. The fraction of sp³-hybridized carbons (Fsp3) is 0.133. The maximum atomic E-state index is 12.1. The third-order valence-corrected chi connectivity index (χ3v) is 3.27. The van der Waals surface area contributed by atoms with Crippen LogP contribution in [0.25, 0.3) is 0 Å². The summed E-state index contributed by atoms with van der Waals surface area (Å²) in [6.45, 7) is 0. The van der Waals surface area contributed by atoms with Crippen molar-refractivity contribution >= 4 is 11.6 Å². The lowest BCUT2D eigenvalue weighted by molar-refractivity contribution is -0.121. The number of nitrogens with zero attached hydrogens (tertiary/aromatic N) is 1. The van der Waals surface area contributed by atoms with Gasteiger partial charge in [-0.25, -0.2) is 0 Å². The number of carbonyl (C=O) groups excluding carboxylic acids is 1. The number of anilines is 1. The minimum atomic E-state index is -0.905. The number of hydrogen-bond acceptors (Lipinski definition) is 3. The molecule has 0 saturated carbocycles. The predicted molar refractivity (Wildman–Crippen MR) is 72.3 cm³/mol. The summed E-state index contributed by atoms with van der Waals surface area (Å²) < 4.78 is 0. The van der Waals surface area contributed by atoms with Crippen LogP contribution in [0, 0.1) is 0 Å². The maximum Gasteiger partial charge on any atom is 0.250 e. The van der Waals surface area contributed by atoms with Crippen LogP contribution in [-0.2, 0) is 4.79 Å². The molecule has 4 nitrogen and oxygen atoms in total. The first-order valence-corrected chi connectivity index (χ1v) is 6.15. The third kappa shape index (κ3) is 2.06. The molecule has 1 fully saturated rings. The molecule has 0 aliphatic carbocycles. The highest BCUT2D eigenvalue weighted by Crippen LogP contribution is 2.30. The van der Waals surface area contributed by atoms with E-state index in [2.05, 4.69) is 5.43 Å². The highest BCUT2D eigenvalue weighted by Gasteiger charge is 2.40. The number of nitrogens with one attached hydrogen (secondary N) is 1. The van der Waals surface area contributed by atoms with Gasteiger partial charge in [-0.3, -0.25) is 15.2 Å². The van der Waals surface area contributed by atoms with Crippen LogP contribution >= 0.6 is 0 Å². The first-order chi connectivity index (χ1) is 9.27. The van der Waals surface area contributed by atoms with E-state index in [9.17, 15) is 9.90 Å². The van der Waals surface area contributed by atoms with Crippen molar-refractivity contribution in [3.05, 3.63) is 66.2 Å². The van der Waals surface area contributed by atoms with E-state index in [4.69, 9.17) is 0 Å². The SMILES string of the molecule is O=C1NN(c2ccccc2)C(O)C1c1ccccc1. The lowest BCUT2D eigenvalue weighted by atomic mass is 9.98. The van der Waals surface area contributed by atoms with E-state index in [0.717, 1.165) is 11.3 Å². The molecule has 0 aromatic heterocycles. The second kappa shape index (κ2) is 4.74. The van der Waals surface area contributed by atoms with Crippen LogP contribution in [0.5, 0.6) is 0 Å². The second-order valence-electron chi connectivity index (χ2n) is 4.48. The lowest BCUT2D eigenvalue weighted by Gasteiger charge is -2.23. The Hall–Kier alpha value is -2.33. The van der Waals surface area contributed by atoms with Gasteiger partial charge in [0, 0.05) is 0 Å². The number of amides is 1. The minimum Gasteiger partial charge on any atom is -0.371 e. The smallest absolute Gasteiger partial charge is 0.250 e. The van der Waals surface area contributed by atoms with E-state index in [0.29, 0.717) is 0 Å². The molecule has 0 spiro atoms. The number of aliphatic hydroxyl groups excluding tert-OH is 1. The molecule has 1 heterocycles. The highest BCUT2D eigenvalue weighted by atomic mass is 16.3. The summed E-state index contributed by atoms with van der Waals surface area (Å²) in [7, 11) is 0. The van der Waals surface area contributed by atoms with Crippen molar-refractivity contribution in [3.8, 4) is 0 Å². The monoisotopic (exact) mass is 254 g/mol. The van der Waals surface area contributed by atoms with E-state index in [1.165, 1.54) is 5.01 Å². The van der Waals surface area contributed by atoms with Crippen molar-refractivity contribution in [1.82, 2.24) is 5.43 Å². The Morgan fingerprint density at radius 2 is 1.53 bits per heavy atom. The van der Waals surface area contributed by atoms with Gasteiger partial charge in [-0.15, -0.1) is 0 Å². The molecule has 1 aliphatic heterocycles. The summed E-state index contributed by atoms with van der Waals surface area (Å²) in [5.74, 6) is -0.760. The average Bonchev–Trinajstić information content (AvgIpc) is 2.76. The molecule has 2 aromatic rings. The topological polar surface area (TPSA) is 52.6 Å². The number of carbonyl (C=O) groups is 1. The van der Waals surface area contributed by atoms with Crippen LogP contribution in [0.2, 0.25) is 0 Å². The molecule has 96 valence electrons. The van der Waals surface area contributed by atoms with Crippen molar-refractivity contribution in [2.45, 2.75) is 12.1 Å². The molecule has 1 aliphatic rings. The van der Waals surface area contributed by atoms with Crippen molar-refractivity contribution in [2.24, 2.45) is 0 Å². The molecule has 1 amide bonds. The van der Waals surface area contributed by atoms with Gasteiger partial charge in [0.2, 0.25) is 0 Å². The van der Waals surface area contributed by atoms with Gasteiger partial charge in [0.15, 0.2) is 6.23 Å². The fourth-order valence-corrected chi connectivity index (χ4v) is 2.33. The van der Waals surface area contributed by atoms with E-state index >= 15 is 0 Å². The van der Waals surface area contributed by atoms with E-state index < -0.39 is 12.1 Å². The van der Waals surface area contributed by atoms with Crippen molar-refractivity contribution in [1.29, 1.82) is 0 Å². The molecule has 2 atom stereocenters. The number of benzene rings is 2. The Morgan fingerprint density at radius 1 is 0.947 bits per heavy atom. The van der Waals surface area contributed by atoms with E-state index in [1.54, 1.807) is 0 Å². The van der Waals surface area contributed by atoms with Crippen LogP contribution in [0.1, 0.15) is 11.5 Å². The van der Waals surface area contributed by atoms with Gasteiger partial charge < -0.3 is 5.11 Å². The zero-order chi connectivity index (χ0) is 13.2. The minimum absolute atomic E-state index is 0.192. The van der Waals surface area contributed by atoms with E-state index in [-0.39, 0.29) is 5.91 Å². The van der Waals surface area contributed by atoms with Crippen LogP contribution in [-0.4, -0.2) is 17.2 Å². The highest BCUT2D eigenvalue weighted by molar-refractivity contribution is 5.89. The summed E-state index contributed by atoms with van der Waals surface area (Å²) >= 11 is 0. The van der Waals surface area contributed by atoms with Gasteiger partial charge in [0.25, 0.3) is 5.91 Å². The van der Waals surface area contributed by atoms with Gasteiger partial charge >= 0.3 is 0 Å². The van der Waals surface area contributed by atoms with Crippen molar-refractivity contribution < 1.29 is 9.90 Å². The first kappa shape index (κ1) is 11.7. The van der Waals surface area contributed by atoms with Crippen LogP contribution in [0.4, 0.5) is 5.69 Å². The molecule has 2 unspecified atom stereocenters. The average molecular weight is 254 g/mol. The Balaban J connectivity index is 1.92. The molecule has 3 rings (SSSR count). The Kier molecular flexibility index (Phi) is 2.93. The van der Waals surface area contributed by atoms with Gasteiger partial charge in [0.1, 0.15) is 5.92 Å². The number of aliphatic hydroxyl groups is 1. The first-order valence-electron chi connectivity index (χ1n) is 6.15. The van der Waals surface area contributed by atoms with Crippen molar-refractivity contribution in [3.63, 3.8) is 0 Å². The van der Waals surface area contributed by atoms with Crippen LogP contribution < -0.4 is 10.4 Å². The quantitative estimate of drug-likeness (QED) is 0.856.